The molecule has 1 aliphatic rings. The predicted octanol–water partition coefficient (Wildman–Crippen LogP) is 3.76. The molecule has 3 rings (SSSR count). The van der Waals surface area contributed by atoms with Crippen molar-refractivity contribution in [1.82, 2.24) is 0 Å². The molecule has 0 saturated heterocycles. The van der Waals surface area contributed by atoms with Gasteiger partial charge in [-0.25, -0.2) is 0 Å². The minimum Gasteiger partial charge on any atom is -0.615 e. The van der Waals surface area contributed by atoms with E-state index in [1.54, 1.807) is 0 Å². The van der Waals surface area contributed by atoms with Gasteiger partial charge in [-0.3, -0.25) is 9.98 Å². The zero-order valence-corrected chi connectivity index (χ0v) is 16.3. The summed E-state index contributed by atoms with van der Waals surface area (Å²) >= 11 is -0.680. The second-order valence-electron chi connectivity index (χ2n) is 6.40. The van der Waals surface area contributed by atoms with Crippen molar-refractivity contribution in [3.05, 3.63) is 57.6 Å². The fourth-order valence-corrected chi connectivity index (χ4v) is 3.93. The van der Waals surface area contributed by atoms with Gasteiger partial charge in [0.1, 0.15) is 0 Å². The van der Waals surface area contributed by atoms with Gasteiger partial charge < -0.3 is 7.58 Å². The van der Waals surface area contributed by atoms with Gasteiger partial charge in [-0.05, 0) is 62.1 Å². The van der Waals surface area contributed by atoms with Crippen LogP contribution in [0.25, 0.3) is 0 Å². The Morgan fingerprint density at radius 3 is 1.60 bits per heavy atom. The Bertz CT molecular complexity index is 775. The molecule has 0 aromatic heterocycles. The second kappa shape index (κ2) is 7.86. The molecule has 1 radical (unpaired) electrons. The molecule has 0 atom stereocenters. The van der Waals surface area contributed by atoms with Crippen LogP contribution in [0.3, 0.4) is 0 Å². The van der Waals surface area contributed by atoms with E-state index in [1.165, 1.54) is 11.1 Å². The second-order valence-corrected chi connectivity index (χ2v) is 7.07. The molecular weight excluding hydrogens is 327 g/mol. The van der Waals surface area contributed by atoms with E-state index >= 15 is 0 Å². The average Bonchev–Trinajstić information content (AvgIpc) is 2.55. The Morgan fingerprint density at radius 1 is 0.720 bits per heavy atom. The summed E-state index contributed by atoms with van der Waals surface area (Å²) in [6, 6.07) is 8.43. The van der Waals surface area contributed by atoms with Crippen LogP contribution in [0, 0.1) is 27.7 Å². The van der Waals surface area contributed by atoms with E-state index in [-0.39, 0.29) is 0 Å². The molecule has 1 aliphatic heterocycles. The smallest absolute Gasteiger partial charge is 0.615 e. The highest BCUT2D eigenvalue weighted by Gasteiger charge is 2.15. The van der Waals surface area contributed by atoms with Gasteiger partial charge in [-0.15, -0.1) is 0 Å². The minimum atomic E-state index is -0.680. The summed E-state index contributed by atoms with van der Waals surface area (Å²) < 4.78 is 12.1. The SMILES string of the molecule is Cc1cc(C)c2c(c1)C=NCCN=Cc1cc(C)cc(C)c1[O][Al][O]2. The highest BCUT2D eigenvalue weighted by atomic mass is 27.2. The van der Waals surface area contributed by atoms with Gasteiger partial charge in [0.05, 0.1) is 24.6 Å². The van der Waals surface area contributed by atoms with Gasteiger partial charge in [-0.1, -0.05) is 12.1 Å². The lowest BCUT2D eigenvalue weighted by molar-refractivity contribution is 0.454. The van der Waals surface area contributed by atoms with E-state index in [4.69, 9.17) is 7.58 Å². The lowest BCUT2D eigenvalue weighted by Gasteiger charge is -2.17. The van der Waals surface area contributed by atoms with Gasteiger partial charge in [-0.2, -0.15) is 0 Å². The summed E-state index contributed by atoms with van der Waals surface area (Å²) in [6.45, 7) is 9.58. The zero-order chi connectivity index (χ0) is 17.8. The van der Waals surface area contributed by atoms with Gasteiger partial charge >= 0.3 is 15.9 Å². The van der Waals surface area contributed by atoms with Gasteiger partial charge in [0.15, 0.2) is 0 Å². The normalized spacial score (nSPS) is 13.9. The molecule has 4 nitrogen and oxygen atoms in total. The van der Waals surface area contributed by atoms with Crippen molar-refractivity contribution < 1.29 is 7.58 Å². The largest absolute Gasteiger partial charge is 0.881 e. The highest BCUT2D eigenvalue weighted by Crippen LogP contribution is 2.26. The molecule has 0 bridgehead atoms. The number of benzene rings is 2. The van der Waals surface area contributed by atoms with Crippen molar-refractivity contribution in [3.8, 4) is 11.5 Å². The third-order valence-electron chi connectivity index (χ3n) is 4.05. The summed E-state index contributed by atoms with van der Waals surface area (Å²) in [5.41, 5.74) is 6.59. The van der Waals surface area contributed by atoms with Crippen molar-refractivity contribution in [2.24, 2.45) is 9.98 Å². The summed E-state index contributed by atoms with van der Waals surface area (Å²) in [4.78, 5) is 9.00. The van der Waals surface area contributed by atoms with Gasteiger partial charge in [0, 0.05) is 23.6 Å². The fraction of sp³-hybridized carbons (Fsp3) is 0.300. The molecular formula is C20H22AlN2O2. The first-order valence-electron chi connectivity index (χ1n) is 8.42. The Morgan fingerprint density at radius 2 is 1.16 bits per heavy atom. The summed E-state index contributed by atoms with van der Waals surface area (Å²) in [7, 11) is 0. The quantitative estimate of drug-likeness (QED) is 0.680. The molecule has 2 aromatic carbocycles. The fourth-order valence-electron chi connectivity index (χ4n) is 3.05. The molecule has 25 heavy (non-hydrogen) atoms. The standard InChI is InChI=1S/C20H24N2O2.Al/c1-13-7-15(3)19(23)17(9-13)11-21-5-6-22-12-18-10-14(2)8-16(4)20(18)24;/h7-12,23-24H,5-6H2,1-4H3;/q;+2/p-2. The monoisotopic (exact) mass is 349 g/mol. The first-order valence-corrected chi connectivity index (χ1v) is 9.36. The molecule has 5 heteroatoms. The van der Waals surface area contributed by atoms with E-state index in [0.29, 0.717) is 13.1 Å². The average molecular weight is 349 g/mol. The van der Waals surface area contributed by atoms with Crippen molar-refractivity contribution in [2.75, 3.05) is 13.1 Å². The molecule has 0 aliphatic carbocycles. The Kier molecular flexibility index (Phi) is 5.57. The minimum absolute atomic E-state index is 0.650. The van der Waals surface area contributed by atoms with Crippen molar-refractivity contribution in [3.63, 3.8) is 0 Å². The van der Waals surface area contributed by atoms with Crippen LogP contribution in [0.1, 0.15) is 33.4 Å². The Labute approximate surface area is 156 Å². The van der Waals surface area contributed by atoms with Crippen LogP contribution in [-0.2, 0) is 0 Å². The summed E-state index contributed by atoms with van der Waals surface area (Å²) in [6.07, 6.45) is 3.76. The summed E-state index contributed by atoms with van der Waals surface area (Å²) in [5.74, 6) is 1.71. The molecule has 0 fully saturated rings. The molecule has 0 amide bonds. The lowest BCUT2D eigenvalue weighted by atomic mass is 10.1. The molecule has 0 spiro atoms. The van der Waals surface area contributed by atoms with E-state index in [1.807, 2.05) is 12.4 Å². The van der Waals surface area contributed by atoms with Crippen molar-refractivity contribution in [2.45, 2.75) is 27.7 Å². The molecule has 127 valence electrons. The maximum Gasteiger partial charge on any atom is 0.881 e. The van der Waals surface area contributed by atoms with Gasteiger partial charge in [0.2, 0.25) is 0 Å². The van der Waals surface area contributed by atoms with Crippen molar-refractivity contribution in [1.29, 1.82) is 0 Å². The van der Waals surface area contributed by atoms with Gasteiger partial charge in [0.25, 0.3) is 0 Å². The highest BCUT2D eigenvalue weighted by molar-refractivity contribution is 6.21. The number of aliphatic imine (C=N–C) groups is 2. The number of fused-ring (bicyclic) bond motifs is 2. The summed E-state index contributed by atoms with van der Waals surface area (Å²) in [5, 5.41) is 0. The molecule has 2 aromatic rings. The van der Waals surface area contributed by atoms with E-state index in [2.05, 4.69) is 61.9 Å². The maximum absolute atomic E-state index is 6.05. The van der Waals surface area contributed by atoms with Crippen LogP contribution in [0.5, 0.6) is 11.5 Å². The van der Waals surface area contributed by atoms with Crippen LogP contribution in [-0.4, -0.2) is 41.4 Å². The first kappa shape index (κ1) is 17.7. The van der Waals surface area contributed by atoms with Crippen LogP contribution >= 0.6 is 0 Å². The zero-order valence-electron chi connectivity index (χ0n) is 15.2. The number of nitrogens with zero attached hydrogens (tertiary/aromatic N) is 2. The lowest BCUT2D eigenvalue weighted by Crippen LogP contribution is -2.15. The van der Waals surface area contributed by atoms with Crippen LogP contribution in [0.2, 0.25) is 0 Å². The number of hydrogen-bond donors (Lipinski definition) is 0. The Balaban J connectivity index is 1.97. The third-order valence-corrected chi connectivity index (χ3v) is 4.71. The van der Waals surface area contributed by atoms with Crippen LogP contribution in [0.15, 0.2) is 34.3 Å². The van der Waals surface area contributed by atoms with E-state index < -0.39 is 15.9 Å². The van der Waals surface area contributed by atoms with E-state index in [9.17, 15) is 0 Å². The number of rotatable bonds is 0. The number of aryl methyl sites for hydroxylation is 4. The maximum atomic E-state index is 6.05. The van der Waals surface area contributed by atoms with Crippen molar-refractivity contribution >= 4 is 28.3 Å². The molecule has 0 N–H and O–H groups in total. The Hall–Kier alpha value is -2.09. The molecule has 0 saturated carbocycles. The van der Waals surface area contributed by atoms with Crippen LogP contribution < -0.4 is 7.58 Å². The molecule has 0 unspecified atom stereocenters. The van der Waals surface area contributed by atoms with Crippen LogP contribution in [0.4, 0.5) is 0 Å². The molecule has 1 heterocycles. The predicted molar refractivity (Wildman–Crippen MR) is 104 cm³/mol. The third kappa shape index (κ3) is 4.31. The topological polar surface area (TPSA) is 43.2 Å². The number of hydrogen-bond acceptors (Lipinski definition) is 4. The van der Waals surface area contributed by atoms with E-state index in [0.717, 1.165) is 33.8 Å². The first-order chi connectivity index (χ1) is 12.0.